The third-order valence-corrected chi connectivity index (χ3v) is 7.68. The van der Waals surface area contributed by atoms with Crippen LogP contribution in [0.2, 0.25) is 0 Å². The molecule has 0 aromatic rings. The Hall–Kier alpha value is -0.660. The van der Waals surface area contributed by atoms with Gasteiger partial charge >= 0.3 is 5.97 Å². The molecule has 2 rings (SSSR count). The second-order valence-electron chi connectivity index (χ2n) is 7.35. The number of nitrogens with one attached hydrogen (secondary N) is 1. The minimum Gasteiger partial charge on any atom is -0.465 e. The first-order chi connectivity index (χ1) is 10.0. The molecule has 2 saturated carbocycles. The van der Waals surface area contributed by atoms with Crippen molar-refractivity contribution in [3.05, 3.63) is 0 Å². The molecule has 0 spiro atoms. The van der Waals surface area contributed by atoms with Crippen LogP contribution in [-0.4, -0.2) is 44.9 Å². The van der Waals surface area contributed by atoms with Crippen molar-refractivity contribution in [1.29, 1.82) is 0 Å². The highest BCUT2D eigenvalue weighted by Gasteiger charge is 2.62. The molecular formula is C15H28N2O4S. The zero-order valence-electron chi connectivity index (χ0n) is 14.2. The average molecular weight is 332 g/mol. The first-order valence-corrected chi connectivity index (χ1v) is 9.38. The second-order valence-corrected chi connectivity index (χ2v) is 9.16. The van der Waals surface area contributed by atoms with Gasteiger partial charge in [0.2, 0.25) is 0 Å². The summed E-state index contributed by atoms with van der Waals surface area (Å²) in [5.41, 5.74) is 0.107. The summed E-state index contributed by atoms with van der Waals surface area (Å²) in [5, 5.41) is 0. The van der Waals surface area contributed by atoms with E-state index in [1.807, 2.05) is 0 Å². The highest BCUT2D eigenvalue weighted by atomic mass is 32.2. The van der Waals surface area contributed by atoms with Crippen LogP contribution in [-0.2, 0) is 19.7 Å². The molecule has 6 nitrogen and oxygen atoms in total. The second kappa shape index (κ2) is 5.76. The fraction of sp³-hybridized carbons (Fsp3) is 0.933. The van der Waals surface area contributed by atoms with Gasteiger partial charge in [0.15, 0.2) is 0 Å². The maximum Gasteiger partial charge on any atom is 0.321 e. The van der Waals surface area contributed by atoms with Crippen LogP contribution in [0.3, 0.4) is 0 Å². The number of carbonyl (C=O) groups excluding carboxylic acids is 1. The molecule has 0 heterocycles. The highest BCUT2D eigenvalue weighted by Crippen LogP contribution is 2.65. The van der Waals surface area contributed by atoms with Crippen LogP contribution in [0, 0.1) is 16.7 Å². The molecule has 22 heavy (non-hydrogen) atoms. The predicted octanol–water partition coefficient (Wildman–Crippen LogP) is 1.53. The van der Waals surface area contributed by atoms with Crippen molar-refractivity contribution in [3.63, 3.8) is 0 Å². The number of carbonyl (C=O) groups is 1. The van der Waals surface area contributed by atoms with E-state index in [1.54, 1.807) is 6.92 Å². The molecule has 0 aliphatic heterocycles. The normalized spacial score (nSPS) is 33.4. The molecule has 0 saturated heterocycles. The Balaban J connectivity index is 2.06. The molecule has 1 N–H and O–H groups in total. The summed E-state index contributed by atoms with van der Waals surface area (Å²) in [6, 6.07) is -0.0732. The SMILES string of the molecule is CCOC(=O)CN(C)S(=O)(=O)N[C@H]1C[C@H]2CC[C@@]1(C)C2(C)C. The van der Waals surface area contributed by atoms with Crippen LogP contribution in [0.25, 0.3) is 0 Å². The fourth-order valence-electron chi connectivity index (χ4n) is 4.13. The molecule has 2 aliphatic rings. The van der Waals surface area contributed by atoms with Crippen molar-refractivity contribution in [2.24, 2.45) is 16.7 Å². The van der Waals surface area contributed by atoms with Crippen LogP contribution in [0.1, 0.15) is 47.0 Å². The van der Waals surface area contributed by atoms with Gasteiger partial charge in [0, 0.05) is 13.1 Å². The van der Waals surface area contributed by atoms with Crippen molar-refractivity contribution < 1.29 is 17.9 Å². The lowest BCUT2D eigenvalue weighted by Crippen LogP contribution is -2.51. The van der Waals surface area contributed by atoms with Crippen molar-refractivity contribution >= 4 is 16.2 Å². The van der Waals surface area contributed by atoms with Gasteiger partial charge in [0.25, 0.3) is 10.2 Å². The summed E-state index contributed by atoms with van der Waals surface area (Å²) >= 11 is 0. The number of ether oxygens (including phenoxy) is 1. The molecule has 128 valence electrons. The van der Waals surface area contributed by atoms with Gasteiger partial charge in [-0.25, -0.2) is 0 Å². The van der Waals surface area contributed by atoms with E-state index in [0.29, 0.717) is 5.92 Å². The van der Waals surface area contributed by atoms with E-state index < -0.39 is 16.2 Å². The van der Waals surface area contributed by atoms with Gasteiger partial charge in [-0.05, 0) is 42.9 Å². The van der Waals surface area contributed by atoms with Gasteiger partial charge < -0.3 is 4.74 Å². The van der Waals surface area contributed by atoms with E-state index in [1.165, 1.54) is 13.5 Å². The van der Waals surface area contributed by atoms with Crippen molar-refractivity contribution in [1.82, 2.24) is 9.03 Å². The van der Waals surface area contributed by atoms with Crippen LogP contribution in [0.15, 0.2) is 0 Å². The van der Waals surface area contributed by atoms with Crippen LogP contribution < -0.4 is 4.72 Å². The number of nitrogens with zero attached hydrogens (tertiary/aromatic N) is 1. The van der Waals surface area contributed by atoms with E-state index in [9.17, 15) is 13.2 Å². The summed E-state index contributed by atoms with van der Waals surface area (Å²) in [7, 11) is -2.28. The first kappa shape index (κ1) is 17.7. The summed E-state index contributed by atoms with van der Waals surface area (Å²) < 4.78 is 33.6. The molecule has 3 atom stereocenters. The summed E-state index contributed by atoms with van der Waals surface area (Å²) in [6.45, 7) is 8.33. The van der Waals surface area contributed by atoms with Gasteiger partial charge in [-0.15, -0.1) is 0 Å². The number of rotatable bonds is 6. The molecule has 0 aromatic carbocycles. The molecule has 0 radical (unpaired) electrons. The zero-order chi connectivity index (χ0) is 16.8. The third-order valence-electron chi connectivity index (χ3n) is 6.15. The maximum atomic E-state index is 12.5. The molecule has 2 bridgehead atoms. The standard InChI is InChI=1S/C15H28N2O4S/c1-6-21-13(18)10-17(5)22(19,20)16-12-9-11-7-8-15(12,4)14(11,2)3/h11-12,16H,6-10H2,1-5H3/t11-,12+,15-/m1/s1. The van der Waals surface area contributed by atoms with Crippen LogP contribution in [0.4, 0.5) is 0 Å². The van der Waals surface area contributed by atoms with E-state index in [-0.39, 0.29) is 30.0 Å². The predicted molar refractivity (Wildman–Crippen MR) is 84.3 cm³/mol. The molecule has 0 aromatic heterocycles. The minimum absolute atomic E-state index is 0.0322. The molecule has 2 fully saturated rings. The minimum atomic E-state index is -3.69. The van der Waals surface area contributed by atoms with Crippen LogP contribution in [0.5, 0.6) is 0 Å². The summed E-state index contributed by atoms with van der Waals surface area (Å²) in [5.74, 6) is 0.0235. The number of likely N-dealkylation sites (N-methyl/N-ethyl adjacent to an activating group) is 1. The van der Waals surface area contributed by atoms with Crippen molar-refractivity contribution in [3.8, 4) is 0 Å². The third kappa shape index (κ3) is 2.78. The van der Waals surface area contributed by atoms with Gasteiger partial charge in [-0.1, -0.05) is 20.8 Å². The number of fused-ring (bicyclic) bond motifs is 2. The summed E-state index contributed by atoms with van der Waals surface area (Å²) in [6.07, 6.45) is 3.08. The van der Waals surface area contributed by atoms with Crippen LogP contribution >= 0.6 is 0 Å². The van der Waals surface area contributed by atoms with Gasteiger partial charge in [0.1, 0.15) is 6.54 Å². The number of hydrogen-bond acceptors (Lipinski definition) is 4. The van der Waals surface area contributed by atoms with Crippen molar-refractivity contribution in [2.45, 2.75) is 53.0 Å². The average Bonchev–Trinajstić information content (AvgIpc) is 2.71. The first-order valence-electron chi connectivity index (χ1n) is 7.94. The smallest absolute Gasteiger partial charge is 0.321 e. The molecule has 0 amide bonds. The Morgan fingerprint density at radius 2 is 2.00 bits per heavy atom. The fourth-order valence-corrected chi connectivity index (χ4v) is 5.30. The number of esters is 1. The van der Waals surface area contributed by atoms with Gasteiger partial charge in [-0.2, -0.15) is 17.4 Å². The zero-order valence-corrected chi connectivity index (χ0v) is 15.0. The lowest BCUT2D eigenvalue weighted by atomic mass is 9.69. The quantitative estimate of drug-likeness (QED) is 0.749. The largest absolute Gasteiger partial charge is 0.465 e. The van der Waals surface area contributed by atoms with Gasteiger partial charge in [-0.3, -0.25) is 4.79 Å². The molecule has 0 unspecified atom stereocenters. The molecular weight excluding hydrogens is 304 g/mol. The monoisotopic (exact) mass is 332 g/mol. The van der Waals surface area contributed by atoms with E-state index in [2.05, 4.69) is 25.5 Å². The van der Waals surface area contributed by atoms with E-state index in [0.717, 1.165) is 17.1 Å². The van der Waals surface area contributed by atoms with Crippen molar-refractivity contribution in [2.75, 3.05) is 20.2 Å². The Labute approximate surface area is 133 Å². The Morgan fingerprint density at radius 1 is 1.36 bits per heavy atom. The summed E-state index contributed by atoms with van der Waals surface area (Å²) in [4.78, 5) is 11.5. The number of hydrogen-bond donors (Lipinski definition) is 1. The van der Waals surface area contributed by atoms with E-state index in [4.69, 9.17) is 4.74 Å². The maximum absolute atomic E-state index is 12.5. The van der Waals surface area contributed by atoms with Gasteiger partial charge in [0.05, 0.1) is 6.61 Å². The Kier molecular flexibility index (Phi) is 4.63. The lowest BCUT2D eigenvalue weighted by molar-refractivity contribution is -0.143. The molecule has 7 heteroatoms. The molecule has 2 aliphatic carbocycles. The Morgan fingerprint density at radius 3 is 2.45 bits per heavy atom. The topological polar surface area (TPSA) is 75.7 Å². The van der Waals surface area contributed by atoms with E-state index >= 15 is 0 Å². The Bertz CT molecular complexity index is 546. The lowest BCUT2D eigenvalue weighted by Gasteiger charge is -2.39. The highest BCUT2D eigenvalue weighted by molar-refractivity contribution is 7.87.